The van der Waals surface area contributed by atoms with Crippen molar-refractivity contribution >= 4 is 5.84 Å². The van der Waals surface area contributed by atoms with E-state index in [1.54, 1.807) is 12.3 Å². The molecule has 6 nitrogen and oxygen atoms in total. The standard InChI is InChI=1S/C23H33N3O3/c1-2-28-18-19(29-16-15-26-13-7-8-14-26)9-3-4-11-22(27)21-17-25-23-20(21)10-5-6-12-24-23/h3-4,6,9-12,18,21-22,27H,2,5,7-8,13-17H2,1H3,(H,24,25)/b9-3-,11-4+,19-18-. The van der Waals surface area contributed by atoms with E-state index in [2.05, 4.69) is 21.3 Å². The lowest BCUT2D eigenvalue weighted by Gasteiger charge is -2.16. The Hall–Kier alpha value is -2.31. The van der Waals surface area contributed by atoms with Crippen LogP contribution in [-0.2, 0) is 9.47 Å². The van der Waals surface area contributed by atoms with Gasteiger partial charge in [-0.25, -0.2) is 0 Å². The fraction of sp³-hybridized carbons (Fsp3) is 0.522. The topological polar surface area (TPSA) is 66.3 Å². The molecule has 3 heterocycles. The molecule has 0 aliphatic carbocycles. The Balaban J connectivity index is 1.48. The predicted octanol–water partition coefficient (Wildman–Crippen LogP) is 2.91. The molecule has 3 rings (SSSR count). The zero-order valence-electron chi connectivity index (χ0n) is 17.3. The fourth-order valence-electron chi connectivity index (χ4n) is 3.67. The molecule has 29 heavy (non-hydrogen) atoms. The third-order valence-electron chi connectivity index (χ3n) is 5.26. The molecule has 0 saturated carbocycles. The second kappa shape index (κ2) is 11.6. The minimum absolute atomic E-state index is 0.00259. The van der Waals surface area contributed by atoms with Gasteiger partial charge in [-0.15, -0.1) is 0 Å². The maximum absolute atomic E-state index is 10.6. The summed E-state index contributed by atoms with van der Waals surface area (Å²) in [7, 11) is 0. The van der Waals surface area contributed by atoms with Crippen molar-refractivity contribution < 1.29 is 14.6 Å². The van der Waals surface area contributed by atoms with E-state index in [0.717, 1.165) is 24.4 Å². The molecule has 6 heteroatoms. The fourth-order valence-corrected chi connectivity index (χ4v) is 3.67. The van der Waals surface area contributed by atoms with E-state index < -0.39 is 6.10 Å². The summed E-state index contributed by atoms with van der Waals surface area (Å²) in [6, 6.07) is 0. The maximum atomic E-state index is 10.6. The van der Waals surface area contributed by atoms with Gasteiger partial charge in [-0.1, -0.05) is 30.4 Å². The summed E-state index contributed by atoms with van der Waals surface area (Å²) in [6.45, 7) is 7.07. The van der Waals surface area contributed by atoms with Crippen LogP contribution in [0.5, 0.6) is 0 Å². The van der Waals surface area contributed by atoms with Gasteiger partial charge in [-0.05, 0) is 57.1 Å². The first-order chi connectivity index (χ1) is 14.3. The molecule has 0 amide bonds. The Morgan fingerprint density at radius 3 is 3.07 bits per heavy atom. The van der Waals surface area contributed by atoms with Crippen LogP contribution in [0.15, 0.2) is 65.2 Å². The van der Waals surface area contributed by atoms with Gasteiger partial charge in [0.15, 0.2) is 5.76 Å². The number of aliphatic hydroxyl groups is 1. The lowest BCUT2D eigenvalue weighted by molar-refractivity contribution is 0.163. The van der Waals surface area contributed by atoms with Crippen LogP contribution in [0.25, 0.3) is 0 Å². The summed E-state index contributed by atoms with van der Waals surface area (Å²) in [5.74, 6) is 1.57. The average molecular weight is 400 g/mol. The van der Waals surface area contributed by atoms with Gasteiger partial charge in [0.1, 0.15) is 18.7 Å². The number of likely N-dealkylation sites (tertiary alicyclic amines) is 1. The van der Waals surface area contributed by atoms with Gasteiger partial charge < -0.3 is 19.9 Å². The van der Waals surface area contributed by atoms with Gasteiger partial charge in [0.25, 0.3) is 0 Å². The zero-order chi connectivity index (χ0) is 20.3. The third kappa shape index (κ3) is 6.61. The van der Waals surface area contributed by atoms with Crippen molar-refractivity contribution in [3.8, 4) is 0 Å². The van der Waals surface area contributed by atoms with Crippen LogP contribution >= 0.6 is 0 Å². The van der Waals surface area contributed by atoms with Crippen LogP contribution in [0, 0.1) is 5.92 Å². The highest BCUT2D eigenvalue weighted by molar-refractivity contribution is 6.01. The zero-order valence-corrected chi connectivity index (χ0v) is 17.3. The summed E-state index contributed by atoms with van der Waals surface area (Å²) >= 11 is 0. The first-order valence-corrected chi connectivity index (χ1v) is 10.6. The quantitative estimate of drug-likeness (QED) is 0.437. The molecule has 3 aliphatic heterocycles. The van der Waals surface area contributed by atoms with Crippen molar-refractivity contribution in [2.75, 3.05) is 39.4 Å². The molecule has 0 aromatic rings. The van der Waals surface area contributed by atoms with Gasteiger partial charge in [-0.3, -0.25) is 9.89 Å². The molecule has 1 saturated heterocycles. The average Bonchev–Trinajstić information content (AvgIpc) is 3.33. The molecule has 2 N–H and O–H groups in total. The maximum Gasteiger partial charge on any atom is 0.153 e. The van der Waals surface area contributed by atoms with E-state index in [4.69, 9.17) is 9.47 Å². The summed E-state index contributed by atoms with van der Waals surface area (Å²) in [4.78, 5) is 6.92. The van der Waals surface area contributed by atoms with E-state index >= 15 is 0 Å². The number of ether oxygens (including phenoxy) is 2. The summed E-state index contributed by atoms with van der Waals surface area (Å²) < 4.78 is 11.3. The number of aliphatic imine (C=N–C) groups is 1. The van der Waals surface area contributed by atoms with E-state index in [0.29, 0.717) is 25.5 Å². The van der Waals surface area contributed by atoms with E-state index in [-0.39, 0.29) is 5.92 Å². The van der Waals surface area contributed by atoms with Gasteiger partial charge in [0.2, 0.25) is 0 Å². The first kappa shape index (κ1) is 21.4. The lowest BCUT2D eigenvalue weighted by atomic mass is 9.93. The van der Waals surface area contributed by atoms with Gasteiger partial charge >= 0.3 is 0 Å². The third-order valence-corrected chi connectivity index (χ3v) is 5.26. The van der Waals surface area contributed by atoms with E-state index in [9.17, 15) is 5.11 Å². The van der Waals surface area contributed by atoms with Crippen molar-refractivity contribution in [2.24, 2.45) is 10.9 Å². The van der Waals surface area contributed by atoms with Crippen LogP contribution in [0.3, 0.4) is 0 Å². The summed E-state index contributed by atoms with van der Waals surface area (Å²) in [5, 5.41) is 13.8. The molecule has 2 atom stereocenters. The van der Waals surface area contributed by atoms with E-state index in [1.165, 1.54) is 25.9 Å². The Bertz CT molecular complexity index is 700. The molecule has 158 valence electrons. The molecule has 1 fully saturated rings. The SMILES string of the molecule is CCO/C=C(/C=C\C=C\C(O)C1CN=C2NC=CCC=C21)OCCN1CCCC1. The molecule has 0 spiro atoms. The monoisotopic (exact) mass is 399 g/mol. The van der Waals surface area contributed by atoms with Crippen molar-refractivity contribution in [3.63, 3.8) is 0 Å². The number of nitrogens with zero attached hydrogens (tertiary/aromatic N) is 2. The van der Waals surface area contributed by atoms with Crippen molar-refractivity contribution in [2.45, 2.75) is 32.3 Å². The van der Waals surface area contributed by atoms with Crippen molar-refractivity contribution in [3.05, 3.63) is 60.3 Å². The van der Waals surface area contributed by atoms with Gasteiger partial charge in [0, 0.05) is 12.5 Å². The van der Waals surface area contributed by atoms with Crippen molar-refractivity contribution in [1.82, 2.24) is 10.2 Å². The highest BCUT2D eigenvalue weighted by Gasteiger charge is 2.29. The van der Waals surface area contributed by atoms with Gasteiger partial charge in [-0.2, -0.15) is 0 Å². The molecular formula is C23H33N3O3. The number of rotatable bonds is 10. The van der Waals surface area contributed by atoms with Crippen LogP contribution in [0.2, 0.25) is 0 Å². The normalized spacial score (nSPS) is 23.7. The molecule has 0 aromatic heterocycles. The number of amidine groups is 1. The summed E-state index contributed by atoms with van der Waals surface area (Å²) in [6.07, 6.45) is 18.0. The largest absolute Gasteiger partial charge is 0.498 e. The number of hydrogen-bond donors (Lipinski definition) is 2. The van der Waals surface area contributed by atoms with Crippen molar-refractivity contribution in [1.29, 1.82) is 0 Å². The Kier molecular flexibility index (Phi) is 8.58. The number of fused-ring (bicyclic) bond motifs is 1. The number of allylic oxidation sites excluding steroid dienone is 5. The second-order valence-electron chi connectivity index (χ2n) is 7.35. The smallest absolute Gasteiger partial charge is 0.153 e. The summed E-state index contributed by atoms with van der Waals surface area (Å²) in [5.41, 5.74) is 1.10. The minimum Gasteiger partial charge on any atom is -0.498 e. The van der Waals surface area contributed by atoms with Crippen LogP contribution in [0.4, 0.5) is 0 Å². The molecular weight excluding hydrogens is 366 g/mol. The molecule has 3 aliphatic rings. The predicted molar refractivity (Wildman–Crippen MR) is 116 cm³/mol. The Labute approximate surface area is 174 Å². The lowest BCUT2D eigenvalue weighted by Crippen LogP contribution is -2.25. The molecule has 2 unspecified atom stereocenters. The van der Waals surface area contributed by atoms with E-state index in [1.807, 2.05) is 37.4 Å². The molecule has 0 aromatic carbocycles. The highest BCUT2D eigenvalue weighted by atomic mass is 16.5. The minimum atomic E-state index is -0.581. The Morgan fingerprint density at radius 1 is 1.38 bits per heavy atom. The second-order valence-corrected chi connectivity index (χ2v) is 7.35. The number of aliphatic hydroxyl groups excluding tert-OH is 1. The van der Waals surface area contributed by atoms with Gasteiger partial charge in [0.05, 0.1) is 19.3 Å². The highest BCUT2D eigenvalue weighted by Crippen LogP contribution is 2.25. The molecule has 0 bridgehead atoms. The van der Waals surface area contributed by atoms with Crippen LogP contribution in [-0.4, -0.2) is 61.3 Å². The number of nitrogens with one attached hydrogen (secondary N) is 1. The Morgan fingerprint density at radius 2 is 2.24 bits per heavy atom. The van der Waals surface area contributed by atoms with Crippen LogP contribution < -0.4 is 5.32 Å². The molecule has 0 radical (unpaired) electrons. The van der Waals surface area contributed by atoms with Crippen LogP contribution in [0.1, 0.15) is 26.2 Å². The number of hydrogen-bond acceptors (Lipinski definition) is 6. The first-order valence-electron chi connectivity index (χ1n) is 10.6.